The third-order valence-electron chi connectivity index (χ3n) is 2.22. The smallest absolute Gasteiger partial charge is 0.185 e. The highest BCUT2D eigenvalue weighted by atomic mass is 16.5. The van der Waals surface area contributed by atoms with E-state index in [0.717, 1.165) is 11.6 Å². The Labute approximate surface area is 92.1 Å². The van der Waals surface area contributed by atoms with Crippen molar-refractivity contribution < 1.29 is 4.74 Å². The van der Waals surface area contributed by atoms with E-state index in [4.69, 9.17) is 4.74 Å². The molecule has 1 rings (SSSR count). The molecule has 0 saturated carbocycles. The summed E-state index contributed by atoms with van der Waals surface area (Å²) >= 11 is 0. The minimum Gasteiger partial charge on any atom is -0.474 e. The molecule has 0 bridgehead atoms. The molecule has 0 amide bonds. The molecule has 1 aliphatic heterocycles. The highest BCUT2D eigenvalue weighted by Gasteiger charge is 2.16. The maximum atomic E-state index is 5.29. The average molecular weight is 205 g/mol. The molecule has 0 aromatic carbocycles. The zero-order valence-corrected chi connectivity index (χ0v) is 10.0. The fourth-order valence-corrected chi connectivity index (χ4v) is 1.34. The van der Waals surface area contributed by atoms with Gasteiger partial charge < -0.3 is 4.74 Å². The molecular formula is C13H19NO. The molecule has 2 nitrogen and oxygen atoms in total. The van der Waals surface area contributed by atoms with Gasteiger partial charge in [0.15, 0.2) is 5.90 Å². The van der Waals surface area contributed by atoms with Gasteiger partial charge in [-0.15, -0.1) is 0 Å². The van der Waals surface area contributed by atoms with E-state index in [1.807, 2.05) is 19.1 Å². The second kappa shape index (κ2) is 4.47. The first-order valence-corrected chi connectivity index (χ1v) is 5.15. The lowest BCUT2D eigenvalue weighted by Crippen LogP contribution is -2.08. The molecule has 15 heavy (non-hydrogen) atoms. The molecule has 0 unspecified atom stereocenters. The van der Waals surface area contributed by atoms with Crippen molar-refractivity contribution in [3.63, 3.8) is 0 Å². The van der Waals surface area contributed by atoms with Gasteiger partial charge in [0.25, 0.3) is 0 Å². The van der Waals surface area contributed by atoms with Gasteiger partial charge in [-0.05, 0) is 17.1 Å². The Hall–Kier alpha value is -1.31. The van der Waals surface area contributed by atoms with Crippen LogP contribution in [0.3, 0.4) is 0 Å². The van der Waals surface area contributed by atoms with E-state index in [-0.39, 0.29) is 5.41 Å². The normalized spacial score (nSPS) is 20.1. The monoisotopic (exact) mass is 205 g/mol. The van der Waals surface area contributed by atoms with Crippen LogP contribution in [0.2, 0.25) is 0 Å². The van der Waals surface area contributed by atoms with Crippen LogP contribution >= 0.6 is 0 Å². The maximum Gasteiger partial charge on any atom is 0.185 e. The minimum atomic E-state index is 0.104. The van der Waals surface area contributed by atoms with Crippen LogP contribution in [0.1, 0.15) is 27.7 Å². The molecule has 2 heteroatoms. The number of aliphatic imine (C=N–C) groups is 1. The molecule has 0 atom stereocenters. The molecule has 1 aliphatic rings. The molecule has 1 heterocycles. The van der Waals surface area contributed by atoms with Gasteiger partial charge in [-0.1, -0.05) is 39.5 Å². The van der Waals surface area contributed by atoms with Gasteiger partial charge in [0.05, 0.1) is 5.70 Å². The van der Waals surface area contributed by atoms with Crippen molar-refractivity contribution >= 4 is 5.90 Å². The van der Waals surface area contributed by atoms with E-state index in [0.29, 0.717) is 6.61 Å². The van der Waals surface area contributed by atoms with Gasteiger partial charge in [-0.2, -0.15) is 0 Å². The van der Waals surface area contributed by atoms with Crippen molar-refractivity contribution in [2.45, 2.75) is 27.7 Å². The van der Waals surface area contributed by atoms with Crippen molar-refractivity contribution in [3.8, 4) is 0 Å². The summed E-state index contributed by atoms with van der Waals surface area (Å²) in [6, 6.07) is 0. The summed E-state index contributed by atoms with van der Waals surface area (Å²) in [5.74, 6) is 0.744. The number of hydrogen-bond donors (Lipinski definition) is 0. The molecule has 0 aromatic heterocycles. The van der Waals surface area contributed by atoms with Crippen LogP contribution in [0.25, 0.3) is 0 Å². The van der Waals surface area contributed by atoms with Crippen LogP contribution in [-0.2, 0) is 4.74 Å². The van der Waals surface area contributed by atoms with Crippen molar-refractivity contribution in [2.75, 3.05) is 6.61 Å². The number of nitrogens with zero attached hydrogens (tertiary/aromatic N) is 1. The number of allylic oxidation sites excluding steroid dienone is 4. The molecular weight excluding hydrogens is 186 g/mol. The first kappa shape index (κ1) is 11.8. The Kier molecular flexibility index (Phi) is 3.51. The van der Waals surface area contributed by atoms with Crippen LogP contribution in [0.15, 0.2) is 41.1 Å². The van der Waals surface area contributed by atoms with Gasteiger partial charge in [-0.25, -0.2) is 4.99 Å². The Morgan fingerprint density at radius 2 is 2.13 bits per heavy atom. The first-order valence-electron chi connectivity index (χ1n) is 5.15. The minimum absolute atomic E-state index is 0.104. The number of hydrogen-bond acceptors (Lipinski definition) is 2. The Morgan fingerprint density at radius 1 is 1.47 bits per heavy atom. The number of rotatable bonds is 2. The van der Waals surface area contributed by atoms with Crippen LogP contribution in [0.4, 0.5) is 0 Å². The molecule has 0 aromatic rings. The third-order valence-corrected chi connectivity index (χ3v) is 2.22. The van der Waals surface area contributed by atoms with Gasteiger partial charge in [0.1, 0.15) is 6.61 Å². The summed E-state index contributed by atoms with van der Waals surface area (Å²) in [5.41, 5.74) is 2.30. The van der Waals surface area contributed by atoms with E-state index in [2.05, 4.69) is 38.4 Å². The fraction of sp³-hybridized carbons (Fsp3) is 0.462. The summed E-state index contributed by atoms with van der Waals surface area (Å²) in [4.78, 5) is 4.30. The van der Waals surface area contributed by atoms with Gasteiger partial charge >= 0.3 is 0 Å². The second-order valence-corrected chi connectivity index (χ2v) is 4.66. The predicted octanol–water partition coefficient (Wildman–Crippen LogP) is 3.48. The fourth-order valence-electron chi connectivity index (χ4n) is 1.34. The van der Waals surface area contributed by atoms with E-state index in [9.17, 15) is 0 Å². The van der Waals surface area contributed by atoms with Crippen molar-refractivity contribution in [3.05, 3.63) is 36.1 Å². The molecule has 0 radical (unpaired) electrons. The maximum absolute atomic E-state index is 5.29. The van der Waals surface area contributed by atoms with Gasteiger partial charge in [-0.3, -0.25) is 0 Å². The second-order valence-electron chi connectivity index (χ2n) is 4.66. The number of ether oxygens (including phenoxy) is 1. The van der Waals surface area contributed by atoms with Gasteiger partial charge in [0, 0.05) is 6.92 Å². The van der Waals surface area contributed by atoms with Crippen molar-refractivity contribution in [2.24, 2.45) is 10.4 Å². The lowest BCUT2D eigenvalue weighted by atomic mass is 9.85. The Morgan fingerprint density at radius 3 is 2.53 bits per heavy atom. The highest BCUT2D eigenvalue weighted by Crippen LogP contribution is 2.28. The summed E-state index contributed by atoms with van der Waals surface area (Å²) in [5, 5.41) is 0. The van der Waals surface area contributed by atoms with Crippen molar-refractivity contribution in [1.82, 2.24) is 0 Å². The molecule has 82 valence electrons. The van der Waals surface area contributed by atoms with Crippen LogP contribution in [0.5, 0.6) is 0 Å². The predicted molar refractivity (Wildman–Crippen MR) is 64.9 cm³/mol. The molecule has 0 N–H and O–H groups in total. The standard InChI is InChI=1S/C13H19NO/c1-6-7-11(13(3,4)5)8-12-9-15-10(2)14-12/h6-8H,1,9H2,2-5H3/b11-7+,12-8+. The topological polar surface area (TPSA) is 21.6 Å². The van der Waals surface area contributed by atoms with Crippen LogP contribution in [-0.4, -0.2) is 12.5 Å². The SMILES string of the molecule is C=C/C=C(\C=C1/COC(C)=N1)C(C)(C)C. The lowest BCUT2D eigenvalue weighted by molar-refractivity contribution is 0.360. The van der Waals surface area contributed by atoms with Crippen LogP contribution in [0, 0.1) is 5.41 Å². The molecule has 0 aliphatic carbocycles. The summed E-state index contributed by atoms with van der Waals surface area (Å²) in [6.45, 7) is 12.7. The highest BCUT2D eigenvalue weighted by molar-refractivity contribution is 5.76. The van der Waals surface area contributed by atoms with Crippen molar-refractivity contribution in [1.29, 1.82) is 0 Å². The average Bonchev–Trinajstić information content (AvgIpc) is 2.49. The largest absolute Gasteiger partial charge is 0.474 e. The van der Waals surface area contributed by atoms with E-state index < -0.39 is 0 Å². The lowest BCUT2D eigenvalue weighted by Gasteiger charge is -2.20. The summed E-state index contributed by atoms with van der Waals surface area (Å²) in [7, 11) is 0. The first-order chi connectivity index (χ1) is 6.93. The van der Waals surface area contributed by atoms with E-state index in [1.54, 1.807) is 0 Å². The molecule has 0 fully saturated rings. The quantitative estimate of drug-likeness (QED) is 0.632. The van der Waals surface area contributed by atoms with E-state index >= 15 is 0 Å². The Balaban J connectivity index is 2.95. The van der Waals surface area contributed by atoms with E-state index in [1.165, 1.54) is 5.57 Å². The Bertz CT molecular complexity index is 340. The third kappa shape index (κ3) is 3.39. The van der Waals surface area contributed by atoms with Gasteiger partial charge in [0.2, 0.25) is 0 Å². The zero-order valence-electron chi connectivity index (χ0n) is 10.0. The molecule has 0 spiro atoms. The zero-order chi connectivity index (χ0) is 11.5. The summed E-state index contributed by atoms with van der Waals surface area (Å²) in [6.07, 6.45) is 5.92. The summed E-state index contributed by atoms with van der Waals surface area (Å²) < 4.78 is 5.29. The molecule has 0 saturated heterocycles. The van der Waals surface area contributed by atoms with Crippen LogP contribution < -0.4 is 0 Å².